The van der Waals surface area contributed by atoms with Crippen LogP contribution < -0.4 is 10.6 Å². The minimum absolute atomic E-state index is 0.130. The molecule has 112 valence electrons. The lowest BCUT2D eigenvalue weighted by molar-refractivity contribution is -0.144. The monoisotopic (exact) mass is 288 g/mol. The Hall–Kier alpha value is -1.53. The van der Waals surface area contributed by atoms with Gasteiger partial charge in [-0.25, -0.2) is 9.97 Å². The van der Waals surface area contributed by atoms with E-state index >= 15 is 0 Å². The van der Waals surface area contributed by atoms with Gasteiger partial charge in [-0.05, 0) is 32.1 Å². The SMILES string of the molecule is CCCNc1cc(NC(C)C2CC2)nc(C(F)(F)F)n1. The van der Waals surface area contributed by atoms with Crippen molar-refractivity contribution in [3.05, 3.63) is 11.9 Å². The maximum Gasteiger partial charge on any atom is 0.451 e. The van der Waals surface area contributed by atoms with E-state index in [4.69, 9.17) is 0 Å². The first-order chi connectivity index (χ1) is 9.40. The Balaban J connectivity index is 2.19. The average Bonchev–Trinajstić information content (AvgIpc) is 3.19. The van der Waals surface area contributed by atoms with Crippen molar-refractivity contribution >= 4 is 11.6 Å². The lowest BCUT2D eigenvalue weighted by atomic mass is 10.2. The molecule has 7 heteroatoms. The van der Waals surface area contributed by atoms with Crippen molar-refractivity contribution in [3.63, 3.8) is 0 Å². The Labute approximate surface area is 116 Å². The van der Waals surface area contributed by atoms with Gasteiger partial charge in [-0.3, -0.25) is 0 Å². The van der Waals surface area contributed by atoms with E-state index in [1.165, 1.54) is 6.07 Å². The topological polar surface area (TPSA) is 49.8 Å². The van der Waals surface area contributed by atoms with Gasteiger partial charge >= 0.3 is 6.18 Å². The summed E-state index contributed by atoms with van der Waals surface area (Å²) >= 11 is 0. The van der Waals surface area contributed by atoms with E-state index in [1.807, 2.05) is 13.8 Å². The van der Waals surface area contributed by atoms with Gasteiger partial charge in [0.05, 0.1) is 0 Å². The third-order valence-corrected chi connectivity index (χ3v) is 3.24. The molecule has 1 unspecified atom stereocenters. The molecular weight excluding hydrogens is 269 g/mol. The molecule has 1 aromatic heterocycles. The quantitative estimate of drug-likeness (QED) is 0.841. The molecule has 0 spiro atoms. The van der Waals surface area contributed by atoms with Gasteiger partial charge in [-0.1, -0.05) is 6.92 Å². The molecule has 0 saturated heterocycles. The fraction of sp³-hybridized carbons (Fsp3) is 0.692. The molecule has 2 N–H and O–H groups in total. The van der Waals surface area contributed by atoms with Gasteiger partial charge in [0, 0.05) is 18.7 Å². The largest absolute Gasteiger partial charge is 0.451 e. The molecule has 1 atom stereocenters. The molecule has 2 rings (SSSR count). The van der Waals surface area contributed by atoms with Crippen molar-refractivity contribution in [1.82, 2.24) is 9.97 Å². The summed E-state index contributed by atoms with van der Waals surface area (Å²) in [4.78, 5) is 7.10. The van der Waals surface area contributed by atoms with Crippen LogP contribution in [0.25, 0.3) is 0 Å². The summed E-state index contributed by atoms with van der Waals surface area (Å²) < 4.78 is 38.4. The average molecular weight is 288 g/mol. The molecule has 1 aliphatic rings. The van der Waals surface area contributed by atoms with Gasteiger partial charge in [-0.2, -0.15) is 13.2 Å². The number of alkyl halides is 3. The Kier molecular flexibility index (Phi) is 4.35. The number of halogens is 3. The summed E-state index contributed by atoms with van der Waals surface area (Å²) in [6.07, 6.45) is -1.49. The van der Waals surface area contributed by atoms with E-state index in [-0.39, 0.29) is 17.7 Å². The minimum atomic E-state index is -4.54. The summed E-state index contributed by atoms with van der Waals surface area (Å²) in [6, 6.07) is 1.66. The second kappa shape index (κ2) is 5.85. The Morgan fingerprint density at radius 2 is 1.95 bits per heavy atom. The van der Waals surface area contributed by atoms with Crippen LogP contribution in [0.3, 0.4) is 0 Å². The number of aromatic nitrogens is 2. The number of hydrogen-bond donors (Lipinski definition) is 2. The zero-order chi connectivity index (χ0) is 14.8. The van der Waals surface area contributed by atoms with Gasteiger partial charge in [0.2, 0.25) is 5.82 Å². The molecule has 0 radical (unpaired) electrons. The number of rotatable bonds is 6. The van der Waals surface area contributed by atoms with Gasteiger partial charge in [0.15, 0.2) is 0 Å². The number of nitrogens with zero attached hydrogens (tertiary/aromatic N) is 2. The van der Waals surface area contributed by atoms with E-state index < -0.39 is 12.0 Å². The van der Waals surface area contributed by atoms with Crippen LogP contribution in [0.5, 0.6) is 0 Å². The fourth-order valence-corrected chi connectivity index (χ4v) is 1.94. The van der Waals surface area contributed by atoms with Crippen molar-refractivity contribution in [2.24, 2.45) is 5.92 Å². The highest BCUT2D eigenvalue weighted by Gasteiger charge is 2.36. The molecule has 20 heavy (non-hydrogen) atoms. The first-order valence-corrected chi connectivity index (χ1v) is 6.87. The number of anilines is 2. The third-order valence-electron chi connectivity index (χ3n) is 3.24. The Bertz CT molecular complexity index is 457. The standard InChI is InChI=1S/C13H19F3N4/c1-3-6-17-10-7-11(18-8(2)9-4-5-9)20-12(19-10)13(14,15)16/h7-9H,3-6H2,1-2H3,(H2,17,18,19,20). The summed E-state index contributed by atoms with van der Waals surface area (Å²) in [7, 11) is 0. The second-order valence-electron chi connectivity index (χ2n) is 5.16. The third kappa shape index (κ3) is 3.98. The maximum atomic E-state index is 12.8. The highest BCUT2D eigenvalue weighted by molar-refractivity contribution is 5.48. The normalized spacial score (nSPS) is 16.9. The van der Waals surface area contributed by atoms with Crippen molar-refractivity contribution in [2.45, 2.75) is 45.3 Å². The molecule has 1 heterocycles. The molecular formula is C13H19F3N4. The smallest absolute Gasteiger partial charge is 0.370 e. The van der Waals surface area contributed by atoms with Crippen LogP contribution in [0, 0.1) is 5.92 Å². The summed E-state index contributed by atoms with van der Waals surface area (Å²) in [5.41, 5.74) is 0. The van der Waals surface area contributed by atoms with E-state index in [2.05, 4.69) is 20.6 Å². The van der Waals surface area contributed by atoms with Crippen molar-refractivity contribution in [1.29, 1.82) is 0 Å². The zero-order valence-electron chi connectivity index (χ0n) is 11.6. The predicted octanol–water partition coefficient (Wildman–Crippen LogP) is 3.53. The molecule has 0 amide bonds. The molecule has 0 aliphatic heterocycles. The Morgan fingerprint density at radius 3 is 2.50 bits per heavy atom. The fourth-order valence-electron chi connectivity index (χ4n) is 1.94. The number of nitrogens with one attached hydrogen (secondary N) is 2. The van der Waals surface area contributed by atoms with Crippen LogP contribution >= 0.6 is 0 Å². The predicted molar refractivity (Wildman–Crippen MR) is 71.6 cm³/mol. The van der Waals surface area contributed by atoms with E-state index in [1.54, 1.807) is 0 Å². The highest BCUT2D eigenvalue weighted by Crippen LogP contribution is 2.34. The van der Waals surface area contributed by atoms with Crippen LogP contribution in [0.2, 0.25) is 0 Å². The van der Waals surface area contributed by atoms with Crippen LogP contribution in [-0.4, -0.2) is 22.6 Å². The highest BCUT2D eigenvalue weighted by atomic mass is 19.4. The maximum absolute atomic E-state index is 12.8. The van der Waals surface area contributed by atoms with Crippen molar-refractivity contribution in [2.75, 3.05) is 17.2 Å². The zero-order valence-corrected chi connectivity index (χ0v) is 11.6. The van der Waals surface area contributed by atoms with Crippen LogP contribution in [0.1, 0.15) is 38.9 Å². The molecule has 0 aromatic carbocycles. The lowest BCUT2D eigenvalue weighted by Crippen LogP contribution is -2.21. The molecule has 0 bridgehead atoms. The van der Waals surface area contributed by atoms with Crippen LogP contribution in [0.4, 0.5) is 24.8 Å². The second-order valence-corrected chi connectivity index (χ2v) is 5.16. The van der Waals surface area contributed by atoms with Crippen molar-refractivity contribution in [3.8, 4) is 0 Å². The lowest BCUT2D eigenvalue weighted by Gasteiger charge is -2.16. The summed E-state index contributed by atoms with van der Waals surface area (Å²) in [5.74, 6) is -0.138. The molecule has 1 aliphatic carbocycles. The van der Waals surface area contributed by atoms with Gasteiger partial charge in [-0.15, -0.1) is 0 Å². The van der Waals surface area contributed by atoms with Crippen LogP contribution in [0.15, 0.2) is 6.07 Å². The molecule has 1 fully saturated rings. The van der Waals surface area contributed by atoms with E-state index in [0.29, 0.717) is 12.5 Å². The van der Waals surface area contributed by atoms with Gasteiger partial charge in [0.1, 0.15) is 11.6 Å². The molecule has 4 nitrogen and oxygen atoms in total. The summed E-state index contributed by atoms with van der Waals surface area (Å²) in [6.45, 7) is 4.48. The van der Waals surface area contributed by atoms with Gasteiger partial charge in [0.25, 0.3) is 0 Å². The van der Waals surface area contributed by atoms with Crippen molar-refractivity contribution < 1.29 is 13.2 Å². The van der Waals surface area contributed by atoms with E-state index in [0.717, 1.165) is 19.3 Å². The number of hydrogen-bond acceptors (Lipinski definition) is 4. The molecule has 1 saturated carbocycles. The Morgan fingerprint density at radius 1 is 1.30 bits per heavy atom. The van der Waals surface area contributed by atoms with Gasteiger partial charge < -0.3 is 10.6 Å². The minimum Gasteiger partial charge on any atom is -0.370 e. The first-order valence-electron chi connectivity index (χ1n) is 6.87. The summed E-state index contributed by atoms with van der Waals surface area (Å²) in [5, 5.41) is 5.92. The first kappa shape index (κ1) is 14.9. The van der Waals surface area contributed by atoms with Crippen LogP contribution in [-0.2, 0) is 6.18 Å². The molecule has 1 aromatic rings. The van der Waals surface area contributed by atoms with E-state index in [9.17, 15) is 13.2 Å².